The number of aromatic nitrogens is 2. The zero-order valence-electron chi connectivity index (χ0n) is 15.0. The number of carbonyl (C=O) groups excluding carboxylic acids is 1. The van der Waals surface area contributed by atoms with Crippen LogP contribution in [-0.4, -0.2) is 28.6 Å². The summed E-state index contributed by atoms with van der Waals surface area (Å²) in [6, 6.07) is 7.18. The van der Waals surface area contributed by atoms with Crippen LogP contribution < -0.4 is 10.6 Å². The lowest BCUT2D eigenvalue weighted by molar-refractivity contribution is -0.144. The summed E-state index contributed by atoms with van der Waals surface area (Å²) in [4.78, 5) is 20.4. The van der Waals surface area contributed by atoms with E-state index in [9.17, 15) is 18.0 Å². The summed E-state index contributed by atoms with van der Waals surface area (Å²) in [6.07, 6.45) is -3.14. The van der Waals surface area contributed by atoms with Gasteiger partial charge in [-0.2, -0.15) is 13.2 Å². The largest absolute Gasteiger partial charge is 0.412 e. The van der Waals surface area contributed by atoms with E-state index in [1.807, 2.05) is 13.8 Å². The second kappa shape index (κ2) is 7.54. The van der Waals surface area contributed by atoms with Crippen LogP contribution in [0.25, 0.3) is 0 Å². The summed E-state index contributed by atoms with van der Waals surface area (Å²) >= 11 is 0. The highest BCUT2D eigenvalue weighted by Crippen LogP contribution is 2.36. The van der Waals surface area contributed by atoms with Gasteiger partial charge in [0.2, 0.25) is 11.9 Å². The van der Waals surface area contributed by atoms with Gasteiger partial charge in [0.1, 0.15) is 0 Å². The minimum Gasteiger partial charge on any atom is -0.355 e. The minimum absolute atomic E-state index is 0.0350. The highest BCUT2D eigenvalue weighted by Gasteiger charge is 2.42. The number of alkyl halides is 3. The first-order valence-electron chi connectivity index (χ1n) is 8.76. The van der Waals surface area contributed by atoms with Gasteiger partial charge in [-0.1, -0.05) is 44.2 Å². The van der Waals surface area contributed by atoms with E-state index < -0.39 is 18.1 Å². The van der Waals surface area contributed by atoms with E-state index in [-0.39, 0.29) is 29.3 Å². The number of halogens is 3. The van der Waals surface area contributed by atoms with Crippen LogP contribution in [0.5, 0.6) is 0 Å². The van der Waals surface area contributed by atoms with Gasteiger partial charge in [0.15, 0.2) is 6.04 Å². The van der Waals surface area contributed by atoms with Gasteiger partial charge in [0, 0.05) is 12.7 Å². The Labute approximate surface area is 155 Å². The number of hydrogen-bond donors (Lipinski definition) is 2. The average molecular weight is 378 g/mol. The topological polar surface area (TPSA) is 66.9 Å². The molecule has 3 rings (SSSR count). The molecule has 2 N–H and O–H groups in total. The Morgan fingerprint density at radius 1 is 1.19 bits per heavy atom. The number of benzene rings is 1. The number of hydrogen-bond acceptors (Lipinski definition) is 4. The molecule has 1 aromatic carbocycles. The molecule has 144 valence electrons. The van der Waals surface area contributed by atoms with Crippen molar-refractivity contribution in [3.8, 4) is 0 Å². The summed E-state index contributed by atoms with van der Waals surface area (Å²) in [6.45, 7) is 4.55. The highest BCUT2D eigenvalue weighted by atomic mass is 19.4. The van der Waals surface area contributed by atoms with Gasteiger partial charge in [-0.05, 0) is 23.5 Å². The molecule has 5 nitrogen and oxygen atoms in total. The van der Waals surface area contributed by atoms with E-state index in [0.29, 0.717) is 12.2 Å². The highest BCUT2D eigenvalue weighted by molar-refractivity contribution is 5.85. The van der Waals surface area contributed by atoms with Gasteiger partial charge >= 0.3 is 6.18 Å². The standard InChI is InChI=1S/C19H21F3N4O/c1-11(2)13-10-24-17(27)15(13)14-8-9-23-18(25-14)26-16(19(20,21)22)12-6-4-3-5-7-12/h3-9,11,13,15-16H,10H2,1-2H3,(H,24,27)(H,23,25,26)/t13-,15?,16?/m0/s1. The molecular formula is C19H21F3N4O. The molecule has 1 amide bonds. The third-order valence-electron chi connectivity index (χ3n) is 4.81. The van der Waals surface area contributed by atoms with Crippen molar-refractivity contribution < 1.29 is 18.0 Å². The second-order valence-corrected chi connectivity index (χ2v) is 6.97. The Morgan fingerprint density at radius 2 is 1.89 bits per heavy atom. The summed E-state index contributed by atoms with van der Waals surface area (Å²) in [5.41, 5.74) is 0.493. The van der Waals surface area contributed by atoms with Crippen molar-refractivity contribution in [1.29, 1.82) is 0 Å². The van der Waals surface area contributed by atoms with Crippen LogP contribution >= 0.6 is 0 Å². The van der Waals surface area contributed by atoms with Crippen LogP contribution in [0.4, 0.5) is 19.1 Å². The lowest BCUT2D eigenvalue weighted by atomic mass is 9.84. The lowest BCUT2D eigenvalue weighted by Crippen LogP contribution is -2.29. The van der Waals surface area contributed by atoms with E-state index in [4.69, 9.17) is 0 Å². The Bertz CT molecular complexity index is 795. The molecular weight excluding hydrogens is 357 g/mol. The number of nitrogens with zero attached hydrogens (tertiary/aromatic N) is 2. The molecule has 27 heavy (non-hydrogen) atoms. The first-order valence-corrected chi connectivity index (χ1v) is 8.76. The Balaban J connectivity index is 1.90. The molecule has 0 aliphatic carbocycles. The molecule has 2 aromatic rings. The van der Waals surface area contributed by atoms with Crippen LogP contribution in [0.3, 0.4) is 0 Å². The van der Waals surface area contributed by atoms with Gasteiger partial charge in [0.25, 0.3) is 0 Å². The minimum atomic E-state index is -4.52. The fourth-order valence-corrected chi connectivity index (χ4v) is 3.36. The van der Waals surface area contributed by atoms with Crippen molar-refractivity contribution in [2.75, 3.05) is 11.9 Å². The molecule has 1 fully saturated rings. The van der Waals surface area contributed by atoms with Crippen molar-refractivity contribution in [3.63, 3.8) is 0 Å². The summed E-state index contributed by atoms with van der Waals surface area (Å²) < 4.78 is 40.6. The van der Waals surface area contributed by atoms with Crippen molar-refractivity contribution >= 4 is 11.9 Å². The lowest BCUT2D eigenvalue weighted by Gasteiger charge is -2.23. The molecule has 1 aromatic heterocycles. The maximum atomic E-state index is 13.5. The van der Waals surface area contributed by atoms with Crippen LogP contribution in [0.15, 0.2) is 42.6 Å². The molecule has 0 saturated carbocycles. The fourth-order valence-electron chi connectivity index (χ4n) is 3.36. The third-order valence-corrected chi connectivity index (χ3v) is 4.81. The molecule has 1 aliphatic rings. The van der Waals surface area contributed by atoms with Crippen molar-refractivity contribution in [3.05, 3.63) is 53.9 Å². The summed E-state index contributed by atoms with van der Waals surface area (Å²) in [5, 5.41) is 5.19. The molecule has 0 radical (unpaired) electrons. The average Bonchev–Trinajstić information content (AvgIpc) is 3.01. The summed E-state index contributed by atoms with van der Waals surface area (Å²) in [5.74, 6) is -0.537. The van der Waals surface area contributed by atoms with Gasteiger partial charge < -0.3 is 10.6 Å². The number of carbonyl (C=O) groups is 1. The van der Waals surface area contributed by atoms with Crippen LogP contribution in [0.2, 0.25) is 0 Å². The molecule has 8 heteroatoms. The van der Waals surface area contributed by atoms with E-state index in [1.165, 1.54) is 18.3 Å². The van der Waals surface area contributed by atoms with Crippen molar-refractivity contribution in [2.24, 2.45) is 11.8 Å². The number of anilines is 1. The Kier molecular flexibility index (Phi) is 5.34. The van der Waals surface area contributed by atoms with Gasteiger partial charge in [-0.25, -0.2) is 9.97 Å². The first kappa shape index (κ1) is 19.1. The Hall–Kier alpha value is -2.64. The predicted molar refractivity (Wildman–Crippen MR) is 95.0 cm³/mol. The zero-order valence-corrected chi connectivity index (χ0v) is 15.0. The van der Waals surface area contributed by atoms with Crippen molar-refractivity contribution in [2.45, 2.75) is 32.0 Å². The molecule has 0 bridgehead atoms. The van der Waals surface area contributed by atoms with Crippen molar-refractivity contribution in [1.82, 2.24) is 15.3 Å². The van der Waals surface area contributed by atoms with E-state index in [2.05, 4.69) is 20.6 Å². The smallest absolute Gasteiger partial charge is 0.355 e. The molecule has 3 atom stereocenters. The molecule has 2 unspecified atom stereocenters. The third kappa shape index (κ3) is 4.20. The van der Waals surface area contributed by atoms with E-state index in [0.717, 1.165) is 0 Å². The van der Waals surface area contributed by atoms with Crippen LogP contribution in [0, 0.1) is 11.8 Å². The molecule has 1 saturated heterocycles. The van der Waals surface area contributed by atoms with Gasteiger partial charge in [-0.3, -0.25) is 4.79 Å². The SMILES string of the molecule is CC(C)[C@@H]1CNC(=O)C1c1ccnc(NC(c2ccccc2)C(F)(F)F)n1. The monoisotopic (exact) mass is 378 g/mol. The van der Waals surface area contributed by atoms with Crippen LogP contribution in [0.1, 0.15) is 37.1 Å². The first-order chi connectivity index (χ1) is 12.8. The number of amides is 1. The normalized spacial score (nSPS) is 21.2. The number of rotatable bonds is 5. The van der Waals surface area contributed by atoms with Gasteiger partial charge in [-0.15, -0.1) is 0 Å². The van der Waals surface area contributed by atoms with Crippen LogP contribution in [-0.2, 0) is 4.79 Å². The fraction of sp³-hybridized carbons (Fsp3) is 0.421. The van der Waals surface area contributed by atoms with Gasteiger partial charge in [0.05, 0.1) is 11.6 Å². The Morgan fingerprint density at radius 3 is 2.52 bits per heavy atom. The quantitative estimate of drug-likeness (QED) is 0.833. The maximum Gasteiger partial charge on any atom is 0.412 e. The molecule has 1 aliphatic heterocycles. The predicted octanol–water partition coefficient (Wildman–Crippen LogP) is 3.68. The molecule has 0 spiro atoms. The van der Waals surface area contributed by atoms with E-state index in [1.54, 1.807) is 24.3 Å². The number of nitrogens with one attached hydrogen (secondary N) is 2. The maximum absolute atomic E-state index is 13.5. The zero-order chi connectivity index (χ0) is 19.6. The molecule has 2 heterocycles. The second-order valence-electron chi connectivity index (χ2n) is 6.97. The van der Waals surface area contributed by atoms with E-state index >= 15 is 0 Å². The summed E-state index contributed by atoms with van der Waals surface area (Å²) in [7, 11) is 0.